The van der Waals surface area contributed by atoms with Crippen LogP contribution in [0, 0.1) is 0 Å². The molecule has 0 aromatic heterocycles. The average Bonchev–Trinajstić information content (AvgIpc) is 3.51. The highest BCUT2D eigenvalue weighted by molar-refractivity contribution is 6.20. The minimum Gasteiger partial charge on any atom is -0.366 e. The highest BCUT2D eigenvalue weighted by Gasteiger charge is 2.38. The lowest BCUT2D eigenvalue weighted by Gasteiger charge is -2.35. The van der Waals surface area contributed by atoms with Crippen molar-refractivity contribution < 1.29 is 0 Å². The zero-order valence-electron chi connectivity index (χ0n) is 32.1. The van der Waals surface area contributed by atoms with E-state index in [-0.39, 0.29) is 17.6 Å². The van der Waals surface area contributed by atoms with Crippen LogP contribution >= 0.6 is 0 Å². The summed E-state index contributed by atoms with van der Waals surface area (Å²) in [5, 5.41) is 15.8. The van der Waals surface area contributed by atoms with E-state index < -0.39 is 0 Å². The summed E-state index contributed by atoms with van der Waals surface area (Å²) < 4.78 is 0. The number of rotatable bonds is 5. The molecule has 1 aliphatic heterocycles. The largest absolute Gasteiger partial charge is 0.366 e. The first kappa shape index (κ1) is 33.6. The molecule has 2 nitrogen and oxygen atoms in total. The van der Waals surface area contributed by atoms with E-state index in [0.29, 0.717) is 0 Å². The van der Waals surface area contributed by atoms with Gasteiger partial charge in [0, 0.05) is 16.7 Å². The second kappa shape index (κ2) is 13.2. The zero-order valence-corrected chi connectivity index (χ0v) is 32.1. The van der Waals surface area contributed by atoms with Crippen LogP contribution in [-0.4, -0.2) is 0 Å². The number of hydrogen-bond acceptors (Lipinski definition) is 2. The molecule has 1 heterocycles. The summed E-state index contributed by atoms with van der Waals surface area (Å²) in [4.78, 5) is 0. The van der Waals surface area contributed by atoms with Crippen LogP contribution in [0.15, 0.2) is 194 Å². The minimum atomic E-state index is -0.185. The van der Waals surface area contributed by atoms with E-state index in [1.165, 1.54) is 93.5 Å². The van der Waals surface area contributed by atoms with Gasteiger partial charge in [-0.15, -0.1) is 0 Å². The molecule has 0 fully saturated rings. The minimum absolute atomic E-state index is 0.0437. The molecule has 11 rings (SSSR count). The quantitative estimate of drug-likeness (QED) is 0.136. The van der Waals surface area contributed by atoms with Gasteiger partial charge >= 0.3 is 0 Å². The standard InChI is InChI=1S/C55H42N2/c1-55(2)48-25-13-12-23-45(48)53-46(24-14-26-49(53)55)51-34-50(38-29-27-36(28-30-38)35-15-4-3-5-16-35)56-54(57-51)44-22-11-10-21-42(44)52-41-20-9-7-18-39(41)33-47-40-19-8-6-17-37(40)31-32-43(47)52/h3-34,50,54,56-57H,1-2H3. The summed E-state index contributed by atoms with van der Waals surface area (Å²) in [6, 6.07) is 69.1. The van der Waals surface area contributed by atoms with Gasteiger partial charge in [-0.3, -0.25) is 5.32 Å². The van der Waals surface area contributed by atoms with E-state index >= 15 is 0 Å². The van der Waals surface area contributed by atoms with Gasteiger partial charge in [0.15, 0.2) is 0 Å². The highest BCUT2D eigenvalue weighted by atomic mass is 15.2. The number of hydrogen-bond donors (Lipinski definition) is 2. The lowest BCUT2D eigenvalue weighted by atomic mass is 9.82. The van der Waals surface area contributed by atoms with E-state index in [1.807, 2.05) is 0 Å². The lowest BCUT2D eigenvalue weighted by Crippen LogP contribution is -2.40. The van der Waals surface area contributed by atoms with Crippen LogP contribution in [0.4, 0.5) is 0 Å². The van der Waals surface area contributed by atoms with Crippen molar-refractivity contribution in [2.24, 2.45) is 0 Å². The molecule has 1 aliphatic carbocycles. The van der Waals surface area contributed by atoms with Crippen LogP contribution in [-0.2, 0) is 5.41 Å². The first-order valence-corrected chi connectivity index (χ1v) is 20.1. The molecule has 0 spiro atoms. The van der Waals surface area contributed by atoms with E-state index in [0.717, 1.165) is 5.70 Å². The molecule has 272 valence electrons. The van der Waals surface area contributed by atoms with Crippen molar-refractivity contribution in [2.45, 2.75) is 31.5 Å². The van der Waals surface area contributed by atoms with Gasteiger partial charge in [-0.05, 0) is 100 Å². The maximum Gasteiger partial charge on any atom is 0.105 e. The summed E-state index contributed by atoms with van der Waals surface area (Å²) in [6.45, 7) is 4.72. The van der Waals surface area contributed by atoms with Crippen LogP contribution in [0.5, 0.6) is 0 Å². The lowest BCUT2D eigenvalue weighted by molar-refractivity contribution is 0.443. The first-order chi connectivity index (χ1) is 28.0. The molecule has 2 N–H and O–H groups in total. The Bertz CT molecular complexity index is 3040. The fourth-order valence-corrected chi connectivity index (χ4v) is 9.75. The van der Waals surface area contributed by atoms with Gasteiger partial charge in [0.25, 0.3) is 0 Å². The van der Waals surface area contributed by atoms with Gasteiger partial charge in [-0.2, -0.15) is 0 Å². The SMILES string of the molecule is CC1(C)c2ccccc2-c2c(C3=CC(c4ccc(-c5ccccc5)cc4)NC(c4ccccc4-c4c5ccccc5cc5c4ccc4ccccc45)N3)cccc21. The Hall–Kier alpha value is -6.74. The molecule has 9 aromatic carbocycles. The molecule has 0 radical (unpaired) electrons. The molecule has 0 saturated carbocycles. The Labute approximate surface area is 334 Å². The van der Waals surface area contributed by atoms with Gasteiger partial charge in [0.2, 0.25) is 0 Å². The third-order valence-electron chi connectivity index (χ3n) is 12.6. The predicted octanol–water partition coefficient (Wildman–Crippen LogP) is 13.8. The molecule has 0 bridgehead atoms. The number of fused-ring (bicyclic) bond motifs is 7. The van der Waals surface area contributed by atoms with Crippen LogP contribution in [0.2, 0.25) is 0 Å². The van der Waals surface area contributed by atoms with Crippen LogP contribution in [0.25, 0.3) is 71.4 Å². The molecule has 0 amide bonds. The van der Waals surface area contributed by atoms with E-state index in [2.05, 4.69) is 219 Å². The summed E-state index contributed by atoms with van der Waals surface area (Å²) in [5.41, 5.74) is 15.1. The molecule has 2 aliphatic rings. The monoisotopic (exact) mass is 730 g/mol. The van der Waals surface area contributed by atoms with Crippen molar-refractivity contribution in [1.82, 2.24) is 10.6 Å². The van der Waals surface area contributed by atoms with Crippen molar-refractivity contribution in [2.75, 3.05) is 0 Å². The van der Waals surface area contributed by atoms with Crippen molar-refractivity contribution in [1.29, 1.82) is 0 Å². The van der Waals surface area contributed by atoms with Crippen LogP contribution < -0.4 is 10.6 Å². The van der Waals surface area contributed by atoms with Crippen molar-refractivity contribution in [3.8, 4) is 33.4 Å². The topological polar surface area (TPSA) is 24.1 Å². The van der Waals surface area contributed by atoms with Gasteiger partial charge < -0.3 is 5.32 Å². The fraction of sp³-hybridized carbons (Fsp3) is 0.0909. The van der Waals surface area contributed by atoms with Crippen LogP contribution in [0.1, 0.15) is 53.9 Å². The summed E-state index contributed by atoms with van der Waals surface area (Å²) in [7, 11) is 0. The Morgan fingerprint density at radius 3 is 1.93 bits per heavy atom. The maximum atomic E-state index is 4.10. The van der Waals surface area contributed by atoms with Crippen molar-refractivity contribution >= 4 is 38.0 Å². The first-order valence-electron chi connectivity index (χ1n) is 20.1. The Morgan fingerprint density at radius 2 is 1.09 bits per heavy atom. The normalized spacial score (nSPS) is 16.9. The number of benzene rings is 9. The predicted molar refractivity (Wildman–Crippen MR) is 240 cm³/mol. The Morgan fingerprint density at radius 1 is 0.439 bits per heavy atom. The van der Waals surface area contributed by atoms with Crippen LogP contribution in [0.3, 0.4) is 0 Å². The van der Waals surface area contributed by atoms with Gasteiger partial charge in [0.1, 0.15) is 6.17 Å². The second-order valence-electron chi connectivity index (χ2n) is 16.1. The zero-order chi connectivity index (χ0) is 38.1. The highest BCUT2D eigenvalue weighted by Crippen LogP contribution is 2.51. The molecule has 57 heavy (non-hydrogen) atoms. The third kappa shape index (κ3) is 5.44. The van der Waals surface area contributed by atoms with E-state index in [4.69, 9.17) is 0 Å². The van der Waals surface area contributed by atoms with Gasteiger partial charge in [0.05, 0.1) is 6.04 Å². The summed E-state index contributed by atoms with van der Waals surface area (Å²) in [5.74, 6) is 0. The fourth-order valence-electron chi connectivity index (χ4n) is 9.75. The molecule has 2 unspecified atom stereocenters. The third-order valence-corrected chi connectivity index (χ3v) is 12.6. The van der Waals surface area contributed by atoms with Crippen molar-refractivity contribution in [3.63, 3.8) is 0 Å². The smallest absolute Gasteiger partial charge is 0.105 e. The van der Waals surface area contributed by atoms with E-state index in [9.17, 15) is 0 Å². The summed E-state index contributed by atoms with van der Waals surface area (Å²) in [6.07, 6.45) is 2.22. The van der Waals surface area contributed by atoms with E-state index in [1.54, 1.807) is 0 Å². The molecular weight excluding hydrogens is 689 g/mol. The maximum absolute atomic E-state index is 4.10. The van der Waals surface area contributed by atoms with Gasteiger partial charge in [-0.1, -0.05) is 196 Å². The summed E-state index contributed by atoms with van der Waals surface area (Å²) >= 11 is 0. The Kier molecular flexibility index (Phi) is 7.77. The molecular formula is C55H42N2. The second-order valence-corrected chi connectivity index (χ2v) is 16.1. The van der Waals surface area contributed by atoms with Gasteiger partial charge in [-0.25, -0.2) is 0 Å². The molecule has 2 heteroatoms. The molecule has 9 aromatic rings. The molecule has 2 atom stereocenters. The molecule has 0 saturated heterocycles. The van der Waals surface area contributed by atoms with Crippen molar-refractivity contribution in [3.05, 3.63) is 222 Å². The number of nitrogens with one attached hydrogen (secondary N) is 2. The average molecular weight is 731 g/mol. The Balaban J connectivity index is 1.10.